The first kappa shape index (κ1) is 19.9. The number of aromatic nitrogens is 2. The zero-order valence-electron chi connectivity index (χ0n) is 16.3. The number of amides is 1. The van der Waals surface area contributed by atoms with Crippen LogP contribution in [0.2, 0.25) is 0 Å². The predicted molar refractivity (Wildman–Crippen MR) is 107 cm³/mol. The third-order valence-corrected chi connectivity index (χ3v) is 5.98. The minimum atomic E-state index is -0.224. The minimum Gasteiger partial charge on any atom is -0.416 e. The smallest absolute Gasteiger partial charge is 0.277 e. The molecule has 1 amide bonds. The number of benzene rings is 1. The van der Waals surface area contributed by atoms with Crippen molar-refractivity contribution in [3.05, 3.63) is 41.8 Å². The lowest BCUT2D eigenvalue weighted by Gasteiger charge is -2.35. The molecule has 2 atom stereocenters. The van der Waals surface area contributed by atoms with Gasteiger partial charge in [-0.05, 0) is 24.9 Å². The lowest BCUT2D eigenvalue weighted by molar-refractivity contribution is -0.132. The molecule has 146 valence electrons. The fourth-order valence-electron chi connectivity index (χ4n) is 3.27. The normalized spacial score (nSPS) is 17.7. The number of likely N-dealkylation sites (N-methyl/N-ethyl adjacent to an activating group) is 1. The molecule has 1 aliphatic heterocycles. The summed E-state index contributed by atoms with van der Waals surface area (Å²) < 4.78 is 5.78. The quantitative estimate of drug-likeness (QED) is 0.680. The van der Waals surface area contributed by atoms with Crippen molar-refractivity contribution in [1.29, 1.82) is 0 Å². The first-order chi connectivity index (χ1) is 13.1. The van der Waals surface area contributed by atoms with Gasteiger partial charge in [-0.25, -0.2) is 0 Å². The van der Waals surface area contributed by atoms with Gasteiger partial charge in [-0.15, -0.1) is 10.2 Å². The van der Waals surface area contributed by atoms with Gasteiger partial charge < -0.3 is 14.2 Å². The van der Waals surface area contributed by atoms with Crippen LogP contribution in [0.4, 0.5) is 0 Å². The van der Waals surface area contributed by atoms with Gasteiger partial charge in [0.2, 0.25) is 11.8 Å². The van der Waals surface area contributed by atoms with Crippen molar-refractivity contribution in [2.75, 3.05) is 32.7 Å². The van der Waals surface area contributed by atoms with E-state index in [1.54, 1.807) is 0 Å². The Morgan fingerprint density at radius 1 is 1.15 bits per heavy atom. The molecule has 27 heavy (non-hydrogen) atoms. The van der Waals surface area contributed by atoms with Gasteiger partial charge in [-0.2, -0.15) is 0 Å². The Kier molecular flexibility index (Phi) is 6.90. The first-order valence-electron chi connectivity index (χ1n) is 9.62. The number of nitrogens with zero attached hydrogens (tertiary/aromatic N) is 4. The van der Waals surface area contributed by atoms with Crippen LogP contribution in [-0.2, 0) is 11.2 Å². The average molecular weight is 389 g/mol. The SMILES string of the molecule is CCN1CCN(C(=O)C(C)Sc2nnc(CC(C)c3ccccc3)o2)CC1. The molecule has 3 rings (SSSR count). The van der Waals surface area contributed by atoms with Crippen LogP contribution < -0.4 is 0 Å². The van der Waals surface area contributed by atoms with E-state index in [1.165, 1.54) is 17.3 Å². The van der Waals surface area contributed by atoms with Crippen LogP contribution in [0, 0.1) is 0 Å². The highest BCUT2D eigenvalue weighted by Crippen LogP contribution is 2.26. The zero-order valence-corrected chi connectivity index (χ0v) is 17.1. The Balaban J connectivity index is 1.52. The summed E-state index contributed by atoms with van der Waals surface area (Å²) in [5.74, 6) is 1.07. The molecule has 2 aromatic rings. The third-order valence-electron chi connectivity index (χ3n) is 5.05. The number of carbonyl (C=O) groups is 1. The van der Waals surface area contributed by atoms with Gasteiger partial charge in [0.05, 0.1) is 5.25 Å². The van der Waals surface area contributed by atoms with Crippen LogP contribution in [-0.4, -0.2) is 63.9 Å². The van der Waals surface area contributed by atoms with E-state index < -0.39 is 0 Å². The summed E-state index contributed by atoms with van der Waals surface area (Å²) in [4.78, 5) is 17.0. The summed E-state index contributed by atoms with van der Waals surface area (Å²) in [6.07, 6.45) is 0.693. The number of carbonyl (C=O) groups excluding carboxylic acids is 1. The Morgan fingerprint density at radius 3 is 2.52 bits per heavy atom. The maximum absolute atomic E-state index is 12.7. The number of hydrogen-bond acceptors (Lipinski definition) is 6. The van der Waals surface area contributed by atoms with E-state index in [0.29, 0.717) is 23.5 Å². The molecule has 0 radical (unpaired) electrons. The van der Waals surface area contributed by atoms with Crippen molar-refractivity contribution in [2.24, 2.45) is 0 Å². The Labute approximate surface area is 165 Å². The summed E-state index contributed by atoms with van der Waals surface area (Å²) in [5, 5.41) is 8.53. The molecule has 2 unspecified atom stereocenters. The molecule has 0 bridgehead atoms. The second kappa shape index (κ2) is 9.37. The molecule has 1 aromatic heterocycles. The molecule has 1 saturated heterocycles. The highest BCUT2D eigenvalue weighted by Gasteiger charge is 2.26. The fourth-order valence-corrected chi connectivity index (χ4v) is 4.06. The van der Waals surface area contributed by atoms with Crippen LogP contribution in [0.1, 0.15) is 38.1 Å². The molecule has 1 aromatic carbocycles. The standard InChI is InChI=1S/C20H28N4O2S/c1-4-23-10-12-24(13-11-23)19(25)16(3)27-20-22-21-18(26-20)14-15(2)17-8-6-5-7-9-17/h5-9,15-16H,4,10-14H2,1-3H3. The monoisotopic (exact) mass is 388 g/mol. The van der Waals surface area contributed by atoms with Crippen LogP contribution in [0.25, 0.3) is 0 Å². The molecule has 0 saturated carbocycles. The van der Waals surface area contributed by atoms with E-state index in [2.05, 4.69) is 41.1 Å². The molecule has 0 aliphatic carbocycles. The van der Waals surface area contributed by atoms with Crippen molar-refractivity contribution in [2.45, 2.75) is 43.6 Å². The Hall–Kier alpha value is -1.86. The average Bonchev–Trinajstić information content (AvgIpc) is 3.14. The lowest BCUT2D eigenvalue weighted by atomic mass is 9.98. The van der Waals surface area contributed by atoms with Crippen LogP contribution >= 0.6 is 11.8 Å². The van der Waals surface area contributed by atoms with Crippen LogP contribution in [0.3, 0.4) is 0 Å². The van der Waals surface area contributed by atoms with E-state index in [-0.39, 0.29) is 11.2 Å². The van der Waals surface area contributed by atoms with Crippen LogP contribution in [0.15, 0.2) is 40.0 Å². The largest absolute Gasteiger partial charge is 0.416 e. The summed E-state index contributed by atoms with van der Waals surface area (Å²) in [6.45, 7) is 10.7. The first-order valence-corrected chi connectivity index (χ1v) is 10.5. The van der Waals surface area contributed by atoms with Crippen LogP contribution in [0.5, 0.6) is 0 Å². The summed E-state index contributed by atoms with van der Waals surface area (Å²) in [7, 11) is 0. The second-order valence-corrected chi connectivity index (χ2v) is 8.29. The number of hydrogen-bond donors (Lipinski definition) is 0. The van der Waals surface area contributed by atoms with Gasteiger partial charge in [-0.1, -0.05) is 55.9 Å². The van der Waals surface area contributed by atoms with E-state index in [1.807, 2.05) is 30.0 Å². The fraction of sp³-hybridized carbons (Fsp3) is 0.550. The Morgan fingerprint density at radius 2 is 1.85 bits per heavy atom. The van der Waals surface area contributed by atoms with E-state index in [0.717, 1.165) is 32.7 Å². The minimum absolute atomic E-state index is 0.146. The molecule has 0 spiro atoms. The highest BCUT2D eigenvalue weighted by atomic mass is 32.2. The Bertz CT molecular complexity index is 729. The molecular weight excluding hydrogens is 360 g/mol. The molecule has 1 fully saturated rings. The van der Waals surface area contributed by atoms with Gasteiger partial charge in [0.1, 0.15) is 0 Å². The van der Waals surface area contributed by atoms with Crippen molar-refractivity contribution >= 4 is 17.7 Å². The number of piperazine rings is 1. The second-order valence-electron chi connectivity index (χ2n) is 7.00. The van der Waals surface area contributed by atoms with Gasteiger partial charge in [0, 0.05) is 32.6 Å². The molecule has 0 N–H and O–H groups in total. The zero-order chi connectivity index (χ0) is 19.2. The predicted octanol–water partition coefficient (Wildman–Crippen LogP) is 3.06. The maximum atomic E-state index is 12.7. The third kappa shape index (κ3) is 5.32. The molecule has 6 nitrogen and oxygen atoms in total. The van der Waals surface area contributed by atoms with Gasteiger partial charge in [-0.3, -0.25) is 4.79 Å². The summed E-state index contributed by atoms with van der Waals surface area (Å²) in [5.41, 5.74) is 1.25. The molecular formula is C20H28N4O2S. The molecule has 2 heterocycles. The number of thioether (sulfide) groups is 1. The van der Waals surface area contributed by atoms with Gasteiger partial charge >= 0.3 is 0 Å². The lowest BCUT2D eigenvalue weighted by Crippen LogP contribution is -2.50. The van der Waals surface area contributed by atoms with Crippen molar-refractivity contribution < 1.29 is 9.21 Å². The molecule has 1 aliphatic rings. The van der Waals surface area contributed by atoms with Gasteiger partial charge in [0.25, 0.3) is 5.22 Å². The van der Waals surface area contributed by atoms with E-state index in [9.17, 15) is 4.79 Å². The highest BCUT2D eigenvalue weighted by molar-refractivity contribution is 8.00. The summed E-state index contributed by atoms with van der Waals surface area (Å²) >= 11 is 1.35. The van der Waals surface area contributed by atoms with Gasteiger partial charge in [0.15, 0.2) is 0 Å². The molecule has 7 heteroatoms. The number of rotatable bonds is 7. The van der Waals surface area contributed by atoms with Crippen molar-refractivity contribution in [3.8, 4) is 0 Å². The van der Waals surface area contributed by atoms with Crippen molar-refractivity contribution in [3.63, 3.8) is 0 Å². The van der Waals surface area contributed by atoms with Crippen molar-refractivity contribution in [1.82, 2.24) is 20.0 Å². The summed E-state index contributed by atoms with van der Waals surface area (Å²) in [6, 6.07) is 10.3. The maximum Gasteiger partial charge on any atom is 0.277 e. The van der Waals surface area contributed by atoms with E-state index >= 15 is 0 Å². The van der Waals surface area contributed by atoms with E-state index in [4.69, 9.17) is 4.42 Å². The topological polar surface area (TPSA) is 62.5 Å².